The van der Waals surface area contributed by atoms with Crippen LogP contribution in [0.5, 0.6) is 0 Å². The van der Waals surface area contributed by atoms with Gasteiger partial charge in [0.15, 0.2) is 0 Å². The minimum absolute atomic E-state index is 0.489. The Kier molecular flexibility index (Phi) is 6.13. The number of ketones is 1. The van der Waals surface area contributed by atoms with Gasteiger partial charge in [0.2, 0.25) is 0 Å². The molecule has 0 radical (unpaired) electrons. The van der Waals surface area contributed by atoms with E-state index >= 15 is 0 Å². The lowest BCUT2D eigenvalue weighted by Crippen LogP contribution is -2.07. The van der Waals surface area contributed by atoms with E-state index in [1.54, 1.807) is 0 Å². The third-order valence-electron chi connectivity index (χ3n) is 4.32. The molecule has 1 aromatic carbocycles. The number of rotatable bonds is 3. The molecule has 0 N–H and O–H groups in total. The summed E-state index contributed by atoms with van der Waals surface area (Å²) in [5.74, 6) is 1.36. The first-order valence-electron chi connectivity index (χ1n) is 7.90. The molecule has 0 aliphatic heterocycles. The van der Waals surface area contributed by atoms with E-state index in [0.717, 1.165) is 31.6 Å². The smallest absolute Gasteiger partial charge is 0.132 e. The van der Waals surface area contributed by atoms with Gasteiger partial charge in [-0.05, 0) is 37.2 Å². The highest BCUT2D eigenvalue weighted by Gasteiger charge is 2.12. The van der Waals surface area contributed by atoms with Gasteiger partial charge >= 0.3 is 0 Å². The largest absolute Gasteiger partial charge is 0.300 e. The topological polar surface area (TPSA) is 17.1 Å². The minimum Gasteiger partial charge on any atom is -0.300 e. The zero-order chi connectivity index (χ0) is 13.3. The van der Waals surface area contributed by atoms with Gasteiger partial charge in [-0.2, -0.15) is 0 Å². The van der Waals surface area contributed by atoms with E-state index in [4.69, 9.17) is 0 Å². The van der Waals surface area contributed by atoms with Crippen LogP contribution in [0.4, 0.5) is 0 Å². The van der Waals surface area contributed by atoms with Gasteiger partial charge in [-0.3, -0.25) is 4.79 Å². The molecule has 0 atom stereocenters. The standard InChI is InChI=1S/C18H26O/c19-18-12-6-4-10-17(11-5-7-13-18)15-14-16-8-2-1-3-9-16/h1-3,8-9,17H,4-7,10-15H2. The molecule has 0 amide bonds. The number of carbonyl (C=O) groups excluding carboxylic acids is 1. The highest BCUT2D eigenvalue weighted by atomic mass is 16.1. The molecular formula is C18H26O. The van der Waals surface area contributed by atoms with Crippen LogP contribution in [-0.2, 0) is 11.2 Å². The Morgan fingerprint density at radius 2 is 1.53 bits per heavy atom. The van der Waals surface area contributed by atoms with Crippen molar-refractivity contribution in [3.63, 3.8) is 0 Å². The SMILES string of the molecule is O=C1CCCCC(CCc2ccccc2)CCCC1. The second kappa shape index (κ2) is 8.14. The van der Waals surface area contributed by atoms with Crippen LogP contribution in [0.3, 0.4) is 0 Å². The van der Waals surface area contributed by atoms with Gasteiger partial charge in [0.05, 0.1) is 0 Å². The van der Waals surface area contributed by atoms with E-state index in [1.807, 2.05) is 0 Å². The molecule has 0 aromatic heterocycles. The number of carbonyl (C=O) groups is 1. The molecular weight excluding hydrogens is 232 g/mol. The van der Waals surface area contributed by atoms with Crippen molar-refractivity contribution >= 4 is 5.78 Å². The summed E-state index contributed by atoms with van der Waals surface area (Å²) >= 11 is 0. The molecule has 19 heavy (non-hydrogen) atoms. The maximum Gasteiger partial charge on any atom is 0.132 e. The van der Waals surface area contributed by atoms with E-state index in [9.17, 15) is 4.79 Å². The second-order valence-corrected chi connectivity index (χ2v) is 5.92. The third kappa shape index (κ3) is 5.59. The molecule has 0 spiro atoms. The fourth-order valence-electron chi connectivity index (χ4n) is 3.08. The van der Waals surface area contributed by atoms with Crippen LogP contribution in [0.25, 0.3) is 0 Å². The summed E-state index contributed by atoms with van der Waals surface area (Å²) in [7, 11) is 0. The Morgan fingerprint density at radius 1 is 0.895 bits per heavy atom. The maximum absolute atomic E-state index is 11.5. The molecule has 1 saturated carbocycles. The molecule has 1 nitrogen and oxygen atoms in total. The lowest BCUT2D eigenvalue weighted by atomic mass is 9.88. The Morgan fingerprint density at radius 3 is 2.16 bits per heavy atom. The van der Waals surface area contributed by atoms with Crippen LogP contribution in [-0.4, -0.2) is 5.78 Å². The highest BCUT2D eigenvalue weighted by molar-refractivity contribution is 5.78. The predicted molar refractivity (Wildman–Crippen MR) is 80.2 cm³/mol. The number of hydrogen-bond acceptors (Lipinski definition) is 1. The van der Waals surface area contributed by atoms with Gasteiger partial charge in [0.25, 0.3) is 0 Å². The Bertz CT molecular complexity index is 355. The summed E-state index contributed by atoms with van der Waals surface area (Å²) in [6.45, 7) is 0. The van der Waals surface area contributed by atoms with Crippen molar-refractivity contribution in [3.05, 3.63) is 35.9 Å². The molecule has 1 fully saturated rings. The number of hydrogen-bond donors (Lipinski definition) is 0. The van der Waals surface area contributed by atoms with Crippen LogP contribution >= 0.6 is 0 Å². The molecule has 2 rings (SSSR count). The Hall–Kier alpha value is -1.11. The van der Waals surface area contributed by atoms with Gasteiger partial charge in [-0.1, -0.05) is 56.0 Å². The zero-order valence-electron chi connectivity index (χ0n) is 11.9. The zero-order valence-corrected chi connectivity index (χ0v) is 11.9. The monoisotopic (exact) mass is 258 g/mol. The molecule has 0 unspecified atom stereocenters. The summed E-state index contributed by atoms with van der Waals surface area (Å²) in [6.07, 6.45) is 11.5. The molecule has 104 valence electrons. The predicted octanol–water partition coefficient (Wildman–Crippen LogP) is 4.94. The number of aryl methyl sites for hydroxylation is 1. The summed E-state index contributed by atoms with van der Waals surface area (Å²) < 4.78 is 0. The summed E-state index contributed by atoms with van der Waals surface area (Å²) in [6, 6.07) is 10.8. The first kappa shape index (κ1) is 14.3. The van der Waals surface area contributed by atoms with Gasteiger partial charge in [0.1, 0.15) is 5.78 Å². The molecule has 1 heteroatoms. The fraction of sp³-hybridized carbons (Fsp3) is 0.611. The average Bonchev–Trinajstić information content (AvgIpc) is 2.45. The van der Waals surface area contributed by atoms with Crippen molar-refractivity contribution in [2.45, 2.75) is 64.2 Å². The van der Waals surface area contributed by atoms with E-state index < -0.39 is 0 Å². The van der Waals surface area contributed by atoms with E-state index in [-0.39, 0.29) is 0 Å². The fourth-order valence-corrected chi connectivity index (χ4v) is 3.08. The van der Waals surface area contributed by atoms with Gasteiger partial charge < -0.3 is 0 Å². The summed E-state index contributed by atoms with van der Waals surface area (Å²) in [4.78, 5) is 11.5. The first-order valence-corrected chi connectivity index (χ1v) is 7.90. The molecule has 0 bridgehead atoms. The lowest BCUT2D eigenvalue weighted by molar-refractivity contribution is -0.119. The van der Waals surface area contributed by atoms with Crippen LogP contribution in [0, 0.1) is 5.92 Å². The van der Waals surface area contributed by atoms with Crippen molar-refractivity contribution in [2.75, 3.05) is 0 Å². The van der Waals surface area contributed by atoms with E-state index in [2.05, 4.69) is 30.3 Å². The number of Topliss-reactive ketones (excluding diaryl/α,β-unsaturated/α-hetero) is 1. The second-order valence-electron chi connectivity index (χ2n) is 5.92. The molecule has 1 aliphatic rings. The Labute approximate surface area is 117 Å². The lowest BCUT2D eigenvalue weighted by Gasteiger charge is -2.18. The molecule has 0 heterocycles. The van der Waals surface area contributed by atoms with Crippen molar-refractivity contribution in [2.24, 2.45) is 5.92 Å². The van der Waals surface area contributed by atoms with Gasteiger partial charge in [0, 0.05) is 12.8 Å². The van der Waals surface area contributed by atoms with Crippen LogP contribution in [0.1, 0.15) is 63.4 Å². The number of benzene rings is 1. The van der Waals surface area contributed by atoms with Gasteiger partial charge in [-0.15, -0.1) is 0 Å². The van der Waals surface area contributed by atoms with Crippen molar-refractivity contribution in [3.8, 4) is 0 Å². The maximum atomic E-state index is 11.5. The highest BCUT2D eigenvalue weighted by Crippen LogP contribution is 2.24. The van der Waals surface area contributed by atoms with Crippen LogP contribution in [0.2, 0.25) is 0 Å². The van der Waals surface area contributed by atoms with Crippen molar-refractivity contribution in [1.82, 2.24) is 0 Å². The van der Waals surface area contributed by atoms with Crippen molar-refractivity contribution < 1.29 is 4.79 Å². The van der Waals surface area contributed by atoms with Crippen molar-refractivity contribution in [1.29, 1.82) is 0 Å². The Balaban J connectivity index is 1.76. The van der Waals surface area contributed by atoms with E-state index in [1.165, 1.54) is 44.1 Å². The van der Waals surface area contributed by atoms with Crippen LogP contribution in [0.15, 0.2) is 30.3 Å². The first-order chi connectivity index (χ1) is 9.34. The third-order valence-corrected chi connectivity index (χ3v) is 4.32. The normalized spacial score (nSPS) is 19.3. The molecule has 1 aliphatic carbocycles. The van der Waals surface area contributed by atoms with Gasteiger partial charge in [-0.25, -0.2) is 0 Å². The summed E-state index contributed by atoms with van der Waals surface area (Å²) in [5.41, 5.74) is 1.47. The van der Waals surface area contributed by atoms with E-state index in [0.29, 0.717) is 5.78 Å². The van der Waals surface area contributed by atoms with Crippen LogP contribution < -0.4 is 0 Å². The minimum atomic E-state index is 0.489. The quantitative estimate of drug-likeness (QED) is 0.750. The molecule has 1 aromatic rings. The molecule has 0 saturated heterocycles. The average molecular weight is 258 g/mol. The summed E-state index contributed by atoms with van der Waals surface area (Å²) in [5, 5.41) is 0.